The molecule has 0 aromatic heterocycles. The lowest BCUT2D eigenvalue weighted by Gasteiger charge is -2.46. The van der Waals surface area contributed by atoms with Crippen molar-refractivity contribution in [3.63, 3.8) is 0 Å². The SMILES string of the molecule is CO[C@H]1/C=C/C[C@H](OC)[C@@H](C)S(=O)(=O)NC(=O)c2ccc3c(c2)N(C[C@@H]2CC[C@H]21)C[C@@]1(CCCc2cc(Cl)ccc21)CO3. The molecule has 0 radical (unpaired) electrons. The number of sulfonamides is 1. The summed E-state index contributed by atoms with van der Waals surface area (Å²) < 4.78 is 46.9. The molecule has 0 unspecified atom stereocenters. The van der Waals surface area contributed by atoms with E-state index in [1.165, 1.54) is 18.2 Å². The zero-order valence-corrected chi connectivity index (χ0v) is 26.6. The number of amides is 1. The lowest BCUT2D eigenvalue weighted by molar-refractivity contribution is 0.0129. The smallest absolute Gasteiger partial charge is 0.264 e. The molecule has 1 N–H and O–H groups in total. The summed E-state index contributed by atoms with van der Waals surface area (Å²) in [6.07, 6.45) is 8.82. The number of aryl methyl sites for hydroxylation is 1. The van der Waals surface area contributed by atoms with Gasteiger partial charge in [0, 0.05) is 43.3 Å². The molecule has 1 amide bonds. The molecule has 2 aromatic rings. The van der Waals surface area contributed by atoms with Gasteiger partial charge in [-0.25, -0.2) is 13.1 Å². The third-order valence-electron chi connectivity index (χ3n) is 10.2. The summed E-state index contributed by atoms with van der Waals surface area (Å²) in [6, 6.07) is 11.4. The van der Waals surface area contributed by atoms with Crippen molar-refractivity contribution >= 4 is 33.2 Å². The Morgan fingerprint density at radius 3 is 2.70 bits per heavy atom. The van der Waals surface area contributed by atoms with E-state index in [0.717, 1.165) is 55.9 Å². The summed E-state index contributed by atoms with van der Waals surface area (Å²) in [5.74, 6) is 0.743. The number of nitrogens with one attached hydrogen (secondary N) is 1. The summed E-state index contributed by atoms with van der Waals surface area (Å²) in [7, 11) is -0.792. The molecule has 2 aromatic carbocycles. The molecule has 1 fully saturated rings. The molecule has 1 saturated carbocycles. The Morgan fingerprint density at radius 1 is 1.12 bits per heavy atom. The fraction of sp³-hybridized carbons (Fsp3) is 0.545. The second-order valence-corrected chi connectivity index (χ2v) is 15.1. The quantitative estimate of drug-likeness (QED) is 0.453. The van der Waals surface area contributed by atoms with E-state index >= 15 is 0 Å². The third-order valence-corrected chi connectivity index (χ3v) is 12.2. The van der Waals surface area contributed by atoms with E-state index in [1.54, 1.807) is 32.2 Å². The maximum atomic E-state index is 13.4. The number of hydrogen-bond donors (Lipinski definition) is 1. The van der Waals surface area contributed by atoms with Gasteiger partial charge in [-0.05, 0) is 98.7 Å². The van der Waals surface area contributed by atoms with Crippen molar-refractivity contribution in [3.8, 4) is 5.75 Å². The Balaban J connectivity index is 1.43. The summed E-state index contributed by atoms with van der Waals surface area (Å²) in [5.41, 5.74) is 3.39. The van der Waals surface area contributed by atoms with Crippen LogP contribution >= 0.6 is 11.6 Å². The number of carbonyl (C=O) groups is 1. The summed E-state index contributed by atoms with van der Waals surface area (Å²) >= 11 is 6.40. The van der Waals surface area contributed by atoms with Gasteiger partial charge in [0.05, 0.1) is 24.5 Å². The maximum absolute atomic E-state index is 13.4. The van der Waals surface area contributed by atoms with Crippen LogP contribution in [0.5, 0.6) is 5.75 Å². The lowest BCUT2D eigenvalue weighted by Crippen LogP contribution is -2.49. The van der Waals surface area contributed by atoms with Crippen molar-refractivity contribution in [2.75, 3.05) is 38.8 Å². The van der Waals surface area contributed by atoms with E-state index in [-0.39, 0.29) is 17.1 Å². The molecule has 232 valence electrons. The second-order valence-electron chi connectivity index (χ2n) is 12.6. The molecule has 43 heavy (non-hydrogen) atoms. The highest BCUT2D eigenvalue weighted by Crippen LogP contribution is 2.47. The number of anilines is 1. The van der Waals surface area contributed by atoms with Crippen LogP contribution in [0.4, 0.5) is 5.69 Å². The number of fused-ring (bicyclic) bond motifs is 4. The monoisotopic (exact) mass is 628 g/mol. The van der Waals surface area contributed by atoms with Crippen LogP contribution in [0.2, 0.25) is 5.02 Å². The van der Waals surface area contributed by atoms with Crippen LogP contribution in [-0.2, 0) is 31.3 Å². The zero-order chi connectivity index (χ0) is 30.4. The van der Waals surface area contributed by atoms with Crippen molar-refractivity contribution in [2.45, 2.75) is 68.3 Å². The minimum Gasteiger partial charge on any atom is -0.490 e. The first-order chi connectivity index (χ1) is 20.6. The van der Waals surface area contributed by atoms with Crippen molar-refractivity contribution in [3.05, 3.63) is 70.3 Å². The van der Waals surface area contributed by atoms with Crippen molar-refractivity contribution in [1.29, 1.82) is 0 Å². The van der Waals surface area contributed by atoms with Crippen LogP contribution < -0.4 is 14.4 Å². The first-order valence-electron chi connectivity index (χ1n) is 15.2. The Labute approximate surface area is 259 Å². The van der Waals surface area contributed by atoms with Crippen LogP contribution in [-0.4, -0.2) is 65.7 Å². The topological polar surface area (TPSA) is 94.2 Å². The van der Waals surface area contributed by atoms with Gasteiger partial charge in [-0.3, -0.25) is 4.79 Å². The largest absolute Gasteiger partial charge is 0.490 e. The molecular weight excluding hydrogens is 588 g/mol. The number of hydrogen-bond acceptors (Lipinski definition) is 7. The number of ether oxygens (including phenoxy) is 3. The van der Waals surface area contributed by atoms with Crippen molar-refractivity contribution in [1.82, 2.24) is 4.72 Å². The molecule has 10 heteroatoms. The molecule has 2 bridgehead atoms. The van der Waals surface area contributed by atoms with Gasteiger partial charge >= 0.3 is 0 Å². The normalized spacial score (nSPS) is 32.8. The fourth-order valence-corrected chi connectivity index (χ4v) is 8.87. The third kappa shape index (κ3) is 5.81. The predicted molar refractivity (Wildman–Crippen MR) is 168 cm³/mol. The van der Waals surface area contributed by atoms with Crippen LogP contribution in [0.1, 0.15) is 60.5 Å². The fourth-order valence-electron chi connectivity index (χ4n) is 7.50. The standard InChI is InChI=1S/C33H41ClN2O6S/c1-21-29(40-2)7-4-8-30(41-3)26-12-9-24(26)18-36-19-33(15-5-6-22-16-25(34)11-13-27(22)33)20-42-31-14-10-23(17-28(31)36)32(37)35-43(21,38)39/h4,8,10-11,13-14,16-17,21,24,26,29-30H,5-7,9,12,15,18-20H2,1-3H3,(H,35,37)/b8-4+/t21-,24+,26-,29+,30+,33+/m1/s1. The van der Waals surface area contributed by atoms with Crippen molar-refractivity contribution in [2.24, 2.45) is 11.8 Å². The van der Waals surface area contributed by atoms with E-state index in [0.29, 0.717) is 30.6 Å². The summed E-state index contributed by atoms with van der Waals surface area (Å²) in [4.78, 5) is 15.8. The van der Waals surface area contributed by atoms with Gasteiger partial charge in [-0.15, -0.1) is 0 Å². The minimum atomic E-state index is -4.02. The Kier molecular flexibility index (Phi) is 8.54. The molecular formula is C33H41ClN2O6S. The average Bonchev–Trinajstić information content (AvgIpc) is 3.12. The van der Waals surface area contributed by atoms with E-state index in [2.05, 4.69) is 21.8 Å². The number of methoxy groups -OCH3 is 2. The average molecular weight is 629 g/mol. The highest BCUT2D eigenvalue weighted by molar-refractivity contribution is 7.90. The Hall–Kier alpha value is -2.59. The lowest BCUT2D eigenvalue weighted by atomic mass is 9.68. The van der Waals surface area contributed by atoms with Crippen LogP contribution in [0.25, 0.3) is 0 Å². The van der Waals surface area contributed by atoms with E-state index in [1.807, 2.05) is 18.2 Å². The molecule has 0 saturated heterocycles. The van der Waals surface area contributed by atoms with E-state index < -0.39 is 27.3 Å². The molecule has 6 rings (SSSR count). The van der Waals surface area contributed by atoms with Crippen LogP contribution in [0, 0.1) is 11.8 Å². The van der Waals surface area contributed by atoms with Gasteiger partial charge in [0.2, 0.25) is 10.0 Å². The zero-order valence-electron chi connectivity index (χ0n) is 25.1. The molecule has 8 nitrogen and oxygen atoms in total. The first kappa shape index (κ1) is 30.4. The highest BCUT2D eigenvalue weighted by Gasteiger charge is 2.44. The van der Waals surface area contributed by atoms with Gasteiger partial charge in [-0.2, -0.15) is 0 Å². The number of rotatable bonds is 2. The number of halogens is 1. The first-order valence-corrected chi connectivity index (χ1v) is 17.2. The van der Waals surface area contributed by atoms with Gasteiger partial charge in [0.25, 0.3) is 5.91 Å². The second kappa shape index (κ2) is 12.1. The molecule has 2 aliphatic heterocycles. The Morgan fingerprint density at radius 2 is 1.95 bits per heavy atom. The molecule has 4 aliphatic rings. The van der Waals surface area contributed by atoms with Gasteiger partial charge in [0.15, 0.2) is 0 Å². The minimum absolute atomic E-state index is 0.0867. The van der Waals surface area contributed by atoms with E-state index in [9.17, 15) is 13.2 Å². The maximum Gasteiger partial charge on any atom is 0.264 e. The predicted octanol–water partition coefficient (Wildman–Crippen LogP) is 5.28. The van der Waals surface area contributed by atoms with Crippen molar-refractivity contribution < 1.29 is 27.4 Å². The summed E-state index contributed by atoms with van der Waals surface area (Å²) in [6.45, 7) is 3.58. The number of benzene rings is 2. The highest BCUT2D eigenvalue weighted by atomic mass is 35.5. The van der Waals surface area contributed by atoms with Gasteiger partial charge in [-0.1, -0.05) is 29.8 Å². The van der Waals surface area contributed by atoms with Crippen LogP contribution in [0.15, 0.2) is 48.6 Å². The molecule has 2 heterocycles. The van der Waals surface area contributed by atoms with Crippen LogP contribution in [0.3, 0.4) is 0 Å². The molecule has 2 aliphatic carbocycles. The van der Waals surface area contributed by atoms with Gasteiger partial charge in [0.1, 0.15) is 11.0 Å². The summed E-state index contributed by atoms with van der Waals surface area (Å²) in [5, 5.41) is -0.205. The molecule has 6 atom stereocenters. The molecule has 1 spiro atoms. The number of carbonyl (C=O) groups excluding carboxylic acids is 1. The Bertz CT molecular complexity index is 1510. The van der Waals surface area contributed by atoms with Gasteiger partial charge < -0.3 is 19.1 Å². The van der Waals surface area contributed by atoms with E-state index in [4.69, 9.17) is 25.8 Å². The number of nitrogens with zero attached hydrogens (tertiary/aromatic N) is 1.